The van der Waals surface area contributed by atoms with E-state index in [-0.39, 0.29) is 5.91 Å². The van der Waals surface area contributed by atoms with Crippen LogP contribution in [0.4, 0.5) is 5.69 Å². The van der Waals surface area contributed by atoms with Gasteiger partial charge in [-0.25, -0.2) is 0 Å². The van der Waals surface area contributed by atoms with Gasteiger partial charge in [-0.15, -0.1) is 0 Å². The minimum absolute atomic E-state index is 0.0394. The standard InChI is InChI=1S/C15H21ClN2O/c1-3-7-15(8-4-9-17-15)14(19)18-13-6-5-11(2)10-12(13)16/h5-6,10,17H,3-4,7-9H2,1-2H3,(H,18,19). The predicted octanol–water partition coefficient (Wildman–Crippen LogP) is 3.51. The molecule has 2 rings (SSSR count). The first-order valence-corrected chi connectivity index (χ1v) is 7.28. The number of rotatable bonds is 4. The second kappa shape index (κ2) is 5.93. The Labute approximate surface area is 119 Å². The fourth-order valence-electron chi connectivity index (χ4n) is 2.72. The molecule has 0 radical (unpaired) electrons. The van der Waals surface area contributed by atoms with Gasteiger partial charge in [0.2, 0.25) is 5.91 Å². The van der Waals surface area contributed by atoms with Crippen LogP contribution in [-0.4, -0.2) is 18.0 Å². The van der Waals surface area contributed by atoms with Crippen molar-refractivity contribution in [3.63, 3.8) is 0 Å². The van der Waals surface area contributed by atoms with Crippen LogP contribution in [-0.2, 0) is 4.79 Å². The van der Waals surface area contributed by atoms with Gasteiger partial charge in [0.1, 0.15) is 0 Å². The SMILES string of the molecule is CCCC1(C(=O)Nc2ccc(C)cc2Cl)CCCN1. The molecule has 0 bridgehead atoms. The van der Waals surface area contributed by atoms with Gasteiger partial charge in [0.25, 0.3) is 0 Å². The average molecular weight is 281 g/mol. The number of hydrogen-bond acceptors (Lipinski definition) is 2. The van der Waals surface area contributed by atoms with E-state index in [1.54, 1.807) is 0 Å². The van der Waals surface area contributed by atoms with Crippen molar-refractivity contribution < 1.29 is 4.79 Å². The molecule has 2 N–H and O–H groups in total. The van der Waals surface area contributed by atoms with Gasteiger partial charge < -0.3 is 10.6 Å². The van der Waals surface area contributed by atoms with E-state index in [1.807, 2.05) is 25.1 Å². The molecule has 1 heterocycles. The largest absolute Gasteiger partial charge is 0.323 e. The van der Waals surface area contributed by atoms with E-state index in [2.05, 4.69) is 17.6 Å². The third-order valence-electron chi connectivity index (χ3n) is 3.73. The monoisotopic (exact) mass is 280 g/mol. The zero-order chi connectivity index (χ0) is 13.9. The van der Waals surface area contributed by atoms with Gasteiger partial charge in [-0.05, 0) is 50.4 Å². The Balaban J connectivity index is 2.15. The van der Waals surface area contributed by atoms with E-state index in [0.29, 0.717) is 10.7 Å². The molecule has 0 aliphatic carbocycles. The van der Waals surface area contributed by atoms with Crippen molar-refractivity contribution in [1.29, 1.82) is 0 Å². The maximum atomic E-state index is 12.5. The molecule has 1 unspecified atom stereocenters. The van der Waals surface area contributed by atoms with Crippen LogP contribution < -0.4 is 10.6 Å². The highest BCUT2D eigenvalue weighted by atomic mass is 35.5. The quantitative estimate of drug-likeness (QED) is 0.886. The van der Waals surface area contributed by atoms with E-state index in [0.717, 1.165) is 37.8 Å². The number of aryl methyl sites for hydroxylation is 1. The van der Waals surface area contributed by atoms with Crippen LogP contribution >= 0.6 is 11.6 Å². The lowest BCUT2D eigenvalue weighted by Crippen LogP contribution is -2.50. The summed E-state index contributed by atoms with van der Waals surface area (Å²) in [6.07, 6.45) is 3.80. The molecule has 1 fully saturated rings. The molecule has 19 heavy (non-hydrogen) atoms. The Bertz CT molecular complexity index is 467. The summed E-state index contributed by atoms with van der Waals surface area (Å²) in [6.45, 7) is 5.00. The first-order valence-electron chi connectivity index (χ1n) is 6.90. The number of halogens is 1. The highest BCUT2D eigenvalue weighted by Crippen LogP contribution is 2.29. The van der Waals surface area contributed by atoms with Crippen molar-refractivity contribution in [3.05, 3.63) is 28.8 Å². The van der Waals surface area contributed by atoms with Crippen LogP contribution in [0.3, 0.4) is 0 Å². The smallest absolute Gasteiger partial charge is 0.244 e. The van der Waals surface area contributed by atoms with Crippen LogP contribution in [0, 0.1) is 6.92 Å². The molecule has 1 aliphatic heterocycles. The van der Waals surface area contributed by atoms with Crippen molar-refractivity contribution >= 4 is 23.2 Å². The summed E-state index contributed by atoms with van der Waals surface area (Å²) < 4.78 is 0. The first kappa shape index (κ1) is 14.4. The molecule has 0 aromatic heterocycles. The van der Waals surface area contributed by atoms with Gasteiger partial charge in [0.15, 0.2) is 0 Å². The van der Waals surface area contributed by atoms with E-state index in [4.69, 9.17) is 11.6 Å². The number of hydrogen-bond donors (Lipinski definition) is 2. The molecule has 0 spiro atoms. The normalized spacial score (nSPS) is 22.5. The van der Waals surface area contributed by atoms with Crippen LogP contribution in [0.15, 0.2) is 18.2 Å². The number of amides is 1. The molecule has 104 valence electrons. The zero-order valence-electron chi connectivity index (χ0n) is 11.6. The Morgan fingerprint density at radius 2 is 2.32 bits per heavy atom. The molecule has 1 aliphatic rings. The van der Waals surface area contributed by atoms with Gasteiger partial charge in [0.05, 0.1) is 16.2 Å². The molecular formula is C15H21ClN2O. The lowest BCUT2D eigenvalue weighted by atomic mass is 9.90. The van der Waals surface area contributed by atoms with Gasteiger partial charge >= 0.3 is 0 Å². The fourth-order valence-corrected chi connectivity index (χ4v) is 3.00. The number of carbonyl (C=O) groups is 1. The van der Waals surface area contributed by atoms with Crippen molar-refractivity contribution in [2.75, 3.05) is 11.9 Å². The molecule has 1 amide bonds. The molecule has 3 nitrogen and oxygen atoms in total. The Kier molecular flexibility index (Phi) is 4.48. The molecule has 1 aromatic rings. The summed E-state index contributed by atoms with van der Waals surface area (Å²) in [5.41, 5.74) is 1.37. The van der Waals surface area contributed by atoms with E-state index in [1.165, 1.54) is 0 Å². The predicted molar refractivity (Wildman–Crippen MR) is 79.7 cm³/mol. The van der Waals surface area contributed by atoms with Gasteiger partial charge in [-0.3, -0.25) is 4.79 Å². The number of nitrogens with one attached hydrogen (secondary N) is 2. The number of anilines is 1. The van der Waals surface area contributed by atoms with Crippen LogP contribution in [0.25, 0.3) is 0 Å². The van der Waals surface area contributed by atoms with E-state index in [9.17, 15) is 4.79 Å². The van der Waals surface area contributed by atoms with E-state index >= 15 is 0 Å². The summed E-state index contributed by atoms with van der Waals surface area (Å²) in [5.74, 6) is 0.0394. The van der Waals surface area contributed by atoms with E-state index < -0.39 is 5.54 Å². The lowest BCUT2D eigenvalue weighted by molar-refractivity contribution is -0.122. The maximum absolute atomic E-state index is 12.5. The highest BCUT2D eigenvalue weighted by Gasteiger charge is 2.39. The Hall–Kier alpha value is -1.06. The van der Waals surface area contributed by atoms with Crippen LogP contribution in [0.2, 0.25) is 5.02 Å². The first-order chi connectivity index (χ1) is 9.07. The number of benzene rings is 1. The van der Waals surface area contributed by atoms with Crippen molar-refractivity contribution in [2.45, 2.75) is 45.1 Å². The van der Waals surface area contributed by atoms with Crippen LogP contribution in [0.5, 0.6) is 0 Å². The number of carbonyl (C=O) groups excluding carboxylic acids is 1. The summed E-state index contributed by atoms with van der Waals surface area (Å²) in [7, 11) is 0. The second-order valence-corrected chi connectivity index (χ2v) is 5.71. The highest BCUT2D eigenvalue weighted by molar-refractivity contribution is 6.33. The Morgan fingerprint density at radius 1 is 1.53 bits per heavy atom. The topological polar surface area (TPSA) is 41.1 Å². The molecule has 1 atom stereocenters. The second-order valence-electron chi connectivity index (χ2n) is 5.30. The lowest BCUT2D eigenvalue weighted by Gasteiger charge is -2.28. The van der Waals surface area contributed by atoms with Crippen molar-refractivity contribution in [1.82, 2.24) is 5.32 Å². The maximum Gasteiger partial charge on any atom is 0.244 e. The summed E-state index contributed by atoms with van der Waals surface area (Å²) in [5, 5.41) is 6.93. The summed E-state index contributed by atoms with van der Waals surface area (Å²) in [4.78, 5) is 12.5. The molecule has 1 aromatic carbocycles. The third kappa shape index (κ3) is 3.10. The molecule has 0 saturated carbocycles. The minimum atomic E-state index is -0.414. The minimum Gasteiger partial charge on any atom is -0.323 e. The molecular weight excluding hydrogens is 260 g/mol. The van der Waals surface area contributed by atoms with Crippen LogP contribution in [0.1, 0.15) is 38.2 Å². The van der Waals surface area contributed by atoms with Crippen molar-refractivity contribution in [3.8, 4) is 0 Å². The van der Waals surface area contributed by atoms with Gasteiger partial charge in [0, 0.05) is 0 Å². The van der Waals surface area contributed by atoms with Crippen molar-refractivity contribution in [2.24, 2.45) is 0 Å². The third-order valence-corrected chi connectivity index (χ3v) is 4.04. The average Bonchev–Trinajstić information content (AvgIpc) is 2.83. The summed E-state index contributed by atoms with van der Waals surface area (Å²) >= 11 is 6.17. The fraction of sp³-hybridized carbons (Fsp3) is 0.533. The molecule has 4 heteroatoms. The molecule has 1 saturated heterocycles. The van der Waals surface area contributed by atoms with Gasteiger partial charge in [-0.2, -0.15) is 0 Å². The Morgan fingerprint density at radius 3 is 2.89 bits per heavy atom. The zero-order valence-corrected chi connectivity index (χ0v) is 12.3. The summed E-state index contributed by atoms with van der Waals surface area (Å²) in [6, 6.07) is 5.69. The van der Waals surface area contributed by atoms with Gasteiger partial charge in [-0.1, -0.05) is 31.0 Å².